The van der Waals surface area contributed by atoms with Gasteiger partial charge in [-0.2, -0.15) is 0 Å². The number of ketones is 1. The Kier molecular flexibility index (Phi) is 3.95. The van der Waals surface area contributed by atoms with Crippen LogP contribution in [-0.2, 0) is 0 Å². The Morgan fingerprint density at radius 1 is 1.35 bits per heavy atom. The van der Waals surface area contributed by atoms with Gasteiger partial charge in [0.25, 0.3) is 0 Å². The van der Waals surface area contributed by atoms with Crippen molar-refractivity contribution in [3.63, 3.8) is 0 Å². The van der Waals surface area contributed by atoms with Gasteiger partial charge >= 0.3 is 0 Å². The van der Waals surface area contributed by atoms with Crippen molar-refractivity contribution in [3.8, 4) is 0 Å². The normalized spacial score (nSPS) is 13.7. The minimum atomic E-state index is -0.346. The fraction of sp³-hybridized carbons (Fsp3) is 0.438. The first kappa shape index (κ1) is 14.7. The third kappa shape index (κ3) is 3.67. The molecule has 0 aliphatic rings. The Morgan fingerprint density at radius 2 is 2.05 bits per heavy atom. The third-order valence-electron chi connectivity index (χ3n) is 3.08. The predicted octanol–water partition coefficient (Wildman–Crippen LogP) is 3.91. The Morgan fingerprint density at radius 3 is 2.70 bits per heavy atom. The summed E-state index contributed by atoms with van der Waals surface area (Å²) in [6.07, 6.45) is 0.993. The molecule has 1 aromatic heterocycles. The molecule has 1 atom stereocenters. The minimum Gasteiger partial charge on any atom is -0.453 e. The largest absolute Gasteiger partial charge is 0.453 e. The average Bonchev–Trinajstić information content (AvgIpc) is 2.68. The van der Waals surface area contributed by atoms with Gasteiger partial charge in [0, 0.05) is 17.8 Å². The highest BCUT2D eigenvalue weighted by atomic mass is 19.1. The molecule has 4 heteroatoms. The van der Waals surface area contributed by atoms with Crippen LogP contribution in [0.3, 0.4) is 0 Å². The van der Waals surface area contributed by atoms with Crippen LogP contribution in [0, 0.1) is 11.2 Å². The van der Waals surface area contributed by atoms with Crippen molar-refractivity contribution < 1.29 is 13.6 Å². The van der Waals surface area contributed by atoms with Crippen LogP contribution in [0.15, 0.2) is 28.7 Å². The summed E-state index contributed by atoms with van der Waals surface area (Å²) in [5.74, 6) is -0.241. The van der Waals surface area contributed by atoms with E-state index in [0.29, 0.717) is 11.0 Å². The maximum Gasteiger partial charge on any atom is 0.199 e. The SMILES string of the molecule is CC(C)(C)CC(N)CC(=O)c1cc2cc(F)ccc2o1. The molecule has 3 nitrogen and oxygen atoms in total. The van der Waals surface area contributed by atoms with Crippen molar-refractivity contribution in [3.05, 3.63) is 35.8 Å². The molecule has 0 saturated carbocycles. The highest BCUT2D eigenvalue weighted by Gasteiger charge is 2.20. The molecule has 0 aliphatic heterocycles. The molecule has 0 amide bonds. The van der Waals surface area contributed by atoms with Gasteiger partial charge in [0.2, 0.25) is 0 Å². The van der Waals surface area contributed by atoms with E-state index in [1.54, 1.807) is 6.07 Å². The first-order valence-corrected chi connectivity index (χ1v) is 6.72. The van der Waals surface area contributed by atoms with Crippen molar-refractivity contribution in [2.75, 3.05) is 0 Å². The molecule has 1 unspecified atom stereocenters. The second kappa shape index (κ2) is 5.37. The zero-order valence-corrected chi connectivity index (χ0v) is 12.1. The molecule has 0 fully saturated rings. The molecule has 0 spiro atoms. The minimum absolute atomic E-state index is 0.0801. The van der Waals surface area contributed by atoms with Crippen LogP contribution in [0.1, 0.15) is 44.2 Å². The van der Waals surface area contributed by atoms with Gasteiger partial charge in [0.15, 0.2) is 11.5 Å². The van der Waals surface area contributed by atoms with Crippen molar-refractivity contribution >= 4 is 16.8 Å². The summed E-state index contributed by atoms with van der Waals surface area (Å²) in [5.41, 5.74) is 6.59. The zero-order valence-electron chi connectivity index (χ0n) is 12.1. The highest BCUT2D eigenvalue weighted by molar-refractivity contribution is 5.97. The lowest BCUT2D eigenvalue weighted by atomic mass is 9.86. The number of carbonyl (C=O) groups is 1. The number of Topliss-reactive ketones (excluding diaryl/α,β-unsaturated/α-hetero) is 1. The lowest BCUT2D eigenvalue weighted by Crippen LogP contribution is -2.28. The second-order valence-corrected chi connectivity index (χ2v) is 6.44. The third-order valence-corrected chi connectivity index (χ3v) is 3.08. The van der Waals surface area contributed by atoms with E-state index in [1.165, 1.54) is 18.2 Å². The zero-order chi connectivity index (χ0) is 14.9. The molecule has 1 heterocycles. The number of halogens is 1. The van der Waals surface area contributed by atoms with Crippen molar-refractivity contribution in [2.45, 2.75) is 39.7 Å². The lowest BCUT2D eigenvalue weighted by Gasteiger charge is -2.22. The molecule has 1 aromatic carbocycles. The topological polar surface area (TPSA) is 56.2 Å². The monoisotopic (exact) mass is 277 g/mol. The van der Waals surface area contributed by atoms with Crippen LogP contribution in [-0.4, -0.2) is 11.8 Å². The van der Waals surface area contributed by atoms with Crippen LogP contribution >= 0.6 is 0 Å². The first-order chi connectivity index (χ1) is 9.24. The number of hydrogen-bond acceptors (Lipinski definition) is 3. The van der Waals surface area contributed by atoms with Crippen LogP contribution < -0.4 is 5.73 Å². The van der Waals surface area contributed by atoms with Gasteiger partial charge in [-0.25, -0.2) is 4.39 Å². The summed E-state index contributed by atoms with van der Waals surface area (Å²) >= 11 is 0. The Labute approximate surface area is 117 Å². The van der Waals surface area contributed by atoms with E-state index in [9.17, 15) is 9.18 Å². The van der Waals surface area contributed by atoms with E-state index >= 15 is 0 Å². The van der Waals surface area contributed by atoms with Gasteiger partial charge in [-0.1, -0.05) is 20.8 Å². The number of rotatable bonds is 4. The molecule has 0 aliphatic carbocycles. The number of carbonyl (C=O) groups excluding carboxylic acids is 1. The van der Waals surface area contributed by atoms with Gasteiger partial charge in [0.1, 0.15) is 11.4 Å². The van der Waals surface area contributed by atoms with Crippen LogP contribution in [0.5, 0.6) is 0 Å². The van der Waals surface area contributed by atoms with E-state index < -0.39 is 0 Å². The van der Waals surface area contributed by atoms with E-state index in [2.05, 4.69) is 20.8 Å². The second-order valence-electron chi connectivity index (χ2n) is 6.44. The molecular weight excluding hydrogens is 257 g/mol. The van der Waals surface area contributed by atoms with Crippen LogP contribution in [0.2, 0.25) is 0 Å². The van der Waals surface area contributed by atoms with Crippen molar-refractivity contribution in [1.82, 2.24) is 0 Å². The Hall–Kier alpha value is -1.68. The first-order valence-electron chi connectivity index (χ1n) is 6.72. The molecule has 108 valence electrons. The smallest absolute Gasteiger partial charge is 0.199 e. The Balaban J connectivity index is 2.11. The molecule has 0 radical (unpaired) electrons. The quantitative estimate of drug-likeness (QED) is 0.862. The average molecular weight is 277 g/mol. The van der Waals surface area contributed by atoms with Gasteiger partial charge < -0.3 is 10.2 Å². The number of nitrogens with two attached hydrogens (primary N) is 1. The molecule has 0 saturated heterocycles. The fourth-order valence-electron chi connectivity index (χ4n) is 2.35. The summed E-state index contributed by atoms with van der Waals surface area (Å²) in [5, 5.41) is 0.595. The van der Waals surface area contributed by atoms with Crippen molar-refractivity contribution in [1.29, 1.82) is 0 Å². The Bertz CT molecular complexity index is 625. The van der Waals surface area contributed by atoms with Crippen LogP contribution in [0.25, 0.3) is 11.0 Å². The number of furan rings is 1. The van der Waals surface area contributed by atoms with Gasteiger partial charge in [-0.3, -0.25) is 4.79 Å². The highest BCUT2D eigenvalue weighted by Crippen LogP contribution is 2.24. The molecule has 2 N–H and O–H groups in total. The standard InChI is InChI=1S/C16H20FNO2/c1-16(2,3)9-12(18)8-13(19)15-7-10-6-11(17)4-5-14(10)20-15/h4-7,12H,8-9,18H2,1-3H3. The summed E-state index contributed by atoms with van der Waals surface area (Å²) in [7, 11) is 0. The van der Waals surface area contributed by atoms with E-state index in [1.807, 2.05) is 0 Å². The number of benzene rings is 1. The maximum atomic E-state index is 13.1. The predicted molar refractivity (Wildman–Crippen MR) is 77.2 cm³/mol. The van der Waals surface area contributed by atoms with Crippen LogP contribution in [0.4, 0.5) is 4.39 Å². The number of fused-ring (bicyclic) bond motifs is 1. The molecular formula is C16H20FNO2. The van der Waals surface area contributed by atoms with Gasteiger partial charge in [-0.15, -0.1) is 0 Å². The summed E-state index contributed by atoms with van der Waals surface area (Å²) in [6.45, 7) is 6.25. The summed E-state index contributed by atoms with van der Waals surface area (Å²) in [4.78, 5) is 12.1. The summed E-state index contributed by atoms with van der Waals surface area (Å²) < 4.78 is 18.5. The summed E-state index contributed by atoms with van der Waals surface area (Å²) in [6, 6.07) is 5.56. The number of hydrogen-bond donors (Lipinski definition) is 1. The molecule has 2 rings (SSSR count). The van der Waals surface area contributed by atoms with Gasteiger partial charge in [-0.05, 0) is 36.1 Å². The molecule has 20 heavy (non-hydrogen) atoms. The molecule has 0 bridgehead atoms. The van der Waals surface area contributed by atoms with E-state index in [-0.39, 0.29) is 35.2 Å². The van der Waals surface area contributed by atoms with E-state index in [0.717, 1.165) is 6.42 Å². The van der Waals surface area contributed by atoms with E-state index in [4.69, 9.17) is 10.2 Å². The fourth-order valence-corrected chi connectivity index (χ4v) is 2.35. The van der Waals surface area contributed by atoms with Crippen molar-refractivity contribution in [2.24, 2.45) is 11.1 Å². The lowest BCUT2D eigenvalue weighted by molar-refractivity contribution is 0.0943. The molecule has 2 aromatic rings. The van der Waals surface area contributed by atoms with Gasteiger partial charge in [0.05, 0.1) is 0 Å². The maximum absolute atomic E-state index is 13.1.